The Kier molecular flexibility index (Phi) is 5.44. The number of carbonyl (C=O) groups is 1. The maximum absolute atomic E-state index is 12.1. The van der Waals surface area contributed by atoms with Crippen LogP contribution in [0.25, 0.3) is 0 Å². The van der Waals surface area contributed by atoms with E-state index in [9.17, 15) is 4.79 Å². The van der Waals surface area contributed by atoms with Gasteiger partial charge < -0.3 is 16.3 Å². The van der Waals surface area contributed by atoms with Gasteiger partial charge in [-0.2, -0.15) is 0 Å². The first-order chi connectivity index (χ1) is 8.86. The fourth-order valence-electron chi connectivity index (χ4n) is 1.64. The van der Waals surface area contributed by atoms with Gasteiger partial charge in [-0.15, -0.1) is 0 Å². The topological polar surface area (TPSA) is 87.7 Å². The molecule has 4 N–H and O–H groups in total. The van der Waals surface area contributed by atoms with Crippen LogP contribution >= 0.6 is 23.2 Å². The van der Waals surface area contributed by atoms with Gasteiger partial charge in [0, 0.05) is 5.02 Å². The van der Waals surface area contributed by atoms with E-state index >= 15 is 0 Å². The highest BCUT2D eigenvalue weighted by molar-refractivity contribution is 6.35. The van der Waals surface area contributed by atoms with Crippen LogP contribution in [0.4, 0.5) is 5.69 Å². The minimum Gasteiger partial charge on any atom is -0.409 e. The van der Waals surface area contributed by atoms with E-state index in [1.54, 1.807) is 26.0 Å². The van der Waals surface area contributed by atoms with E-state index in [-0.39, 0.29) is 11.8 Å². The third-order valence-electron chi connectivity index (χ3n) is 2.57. The van der Waals surface area contributed by atoms with Gasteiger partial charge in [0.2, 0.25) is 5.91 Å². The molecule has 1 amide bonds. The van der Waals surface area contributed by atoms with Crippen molar-refractivity contribution in [2.75, 3.05) is 5.32 Å². The smallest absolute Gasteiger partial charge is 0.235 e. The standard InChI is InChI=1S/C12H15Cl2N3O2/c1-6(2)10(11(15)17-19)12(18)16-9-5-7(13)3-4-8(9)14/h3-6,10,19H,1-2H3,(H2,15,17)(H,16,18). The van der Waals surface area contributed by atoms with Crippen molar-refractivity contribution in [3.05, 3.63) is 28.2 Å². The van der Waals surface area contributed by atoms with Gasteiger partial charge >= 0.3 is 0 Å². The number of anilines is 1. The zero-order valence-electron chi connectivity index (χ0n) is 10.5. The number of amidine groups is 1. The Balaban J connectivity index is 2.97. The second-order valence-electron chi connectivity index (χ2n) is 4.36. The number of nitrogens with two attached hydrogens (primary N) is 1. The average molecular weight is 304 g/mol. The molecule has 5 nitrogen and oxygen atoms in total. The lowest BCUT2D eigenvalue weighted by molar-refractivity contribution is -0.119. The number of rotatable bonds is 4. The van der Waals surface area contributed by atoms with Crippen LogP contribution in [0.3, 0.4) is 0 Å². The van der Waals surface area contributed by atoms with Crippen LogP contribution in [0.2, 0.25) is 10.0 Å². The fraction of sp³-hybridized carbons (Fsp3) is 0.333. The molecule has 0 aliphatic rings. The molecule has 0 saturated carbocycles. The molecular weight excluding hydrogens is 289 g/mol. The Morgan fingerprint density at radius 1 is 1.42 bits per heavy atom. The van der Waals surface area contributed by atoms with Gasteiger partial charge in [-0.25, -0.2) is 0 Å². The van der Waals surface area contributed by atoms with Crippen LogP contribution in [-0.4, -0.2) is 17.0 Å². The molecule has 0 aliphatic carbocycles. The first kappa shape index (κ1) is 15.6. The Bertz CT molecular complexity index is 504. The number of carbonyl (C=O) groups excluding carboxylic acids is 1. The predicted octanol–water partition coefficient (Wildman–Crippen LogP) is 2.95. The van der Waals surface area contributed by atoms with Crippen LogP contribution in [0, 0.1) is 11.8 Å². The maximum atomic E-state index is 12.1. The van der Waals surface area contributed by atoms with Gasteiger partial charge in [0.25, 0.3) is 0 Å². The van der Waals surface area contributed by atoms with Gasteiger partial charge in [0.1, 0.15) is 5.92 Å². The van der Waals surface area contributed by atoms with Crippen molar-refractivity contribution in [2.24, 2.45) is 22.7 Å². The van der Waals surface area contributed by atoms with Gasteiger partial charge in [-0.05, 0) is 24.1 Å². The molecule has 0 spiro atoms. The lowest BCUT2D eigenvalue weighted by Crippen LogP contribution is -2.38. The summed E-state index contributed by atoms with van der Waals surface area (Å²) in [6.45, 7) is 3.59. The van der Waals surface area contributed by atoms with Crippen LogP contribution in [0.15, 0.2) is 23.4 Å². The van der Waals surface area contributed by atoms with Gasteiger partial charge in [0.15, 0.2) is 5.84 Å². The summed E-state index contributed by atoms with van der Waals surface area (Å²) in [6.07, 6.45) is 0. The van der Waals surface area contributed by atoms with Crippen molar-refractivity contribution in [2.45, 2.75) is 13.8 Å². The van der Waals surface area contributed by atoms with Gasteiger partial charge in [-0.1, -0.05) is 42.2 Å². The van der Waals surface area contributed by atoms with Crippen LogP contribution in [0.5, 0.6) is 0 Å². The van der Waals surface area contributed by atoms with E-state index in [2.05, 4.69) is 10.5 Å². The third-order valence-corrected chi connectivity index (χ3v) is 3.13. The quantitative estimate of drug-likeness (QED) is 0.346. The van der Waals surface area contributed by atoms with E-state index in [1.807, 2.05) is 0 Å². The second kappa shape index (κ2) is 6.63. The third kappa shape index (κ3) is 4.01. The number of nitrogens with one attached hydrogen (secondary N) is 1. The van der Waals surface area contributed by atoms with Gasteiger partial charge in [0.05, 0.1) is 10.7 Å². The number of oxime groups is 1. The van der Waals surface area contributed by atoms with E-state index < -0.39 is 11.8 Å². The van der Waals surface area contributed by atoms with Crippen LogP contribution < -0.4 is 11.1 Å². The van der Waals surface area contributed by atoms with Crippen molar-refractivity contribution in [3.63, 3.8) is 0 Å². The van der Waals surface area contributed by atoms with E-state index in [0.29, 0.717) is 15.7 Å². The minimum absolute atomic E-state index is 0.131. The highest BCUT2D eigenvalue weighted by Crippen LogP contribution is 2.26. The second-order valence-corrected chi connectivity index (χ2v) is 5.20. The molecule has 1 aromatic rings. The molecular formula is C12H15Cl2N3O2. The fourth-order valence-corrected chi connectivity index (χ4v) is 1.98. The number of hydrogen-bond acceptors (Lipinski definition) is 3. The summed E-state index contributed by atoms with van der Waals surface area (Å²) in [6, 6.07) is 4.72. The number of halogens is 2. The number of hydrogen-bond donors (Lipinski definition) is 3. The molecule has 0 aromatic heterocycles. The van der Waals surface area contributed by atoms with E-state index in [0.717, 1.165) is 0 Å². The van der Waals surface area contributed by atoms with E-state index in [1.165, 1.54) is 6.07 Å². The highest BCUT2D eigenvalue weighted by atomic mass is 35.5. The molecule has 0 heterocycles. The molecule has 0 aliphatic heterocycles. The monoisotopic (exact) mass is 303 g/mol. The van der Waals surface area contributed by atoms with Crippen molar-refractivity contribution in [3.8, 4) is 0 Å². The van der Waals surface area contributed by atoms with E-state index in [4.69, 9.17) is 34.1 Å². The SMILES string of the molecule is CC(C)C(C(=O)Nc1cc(Cl)ccc1Cl)C(N)=NO. The highest BCUT2D eigenvalue weighted by Gasteiger charge is 2.27. The summed E-state index contributed by atoms with van der Waals surface area (Å²) in [5.74, 6) is -1.44. The molecule has 1 rings (SSSR count). The summed E-state index contributed by atoms with van der Waals surface area (Å²) >= 11 is 11.8. The van der Waals surface area contributed by atoms with Crippen LogP contribution in [0.1, 0.15) is 13.8 Å². The molecule has 0 bridgehead atoms. The molecule has 0 fully saturated rings. The average Bonchev–Trinajstić information content (AvgIpc) is 2.33. The molecule has 1 atom stereocenters. The molecule has 0 saturated heterocycles. The summed E-state index contributed by atoms with van der Waals surface area (Å²) in [7, 11) is 0. The van der Waals surface area contributed by atoms with Crippen molar-refractivity contribution in [1.82, 2.24) is 0 Å². The first-order valence-corrected chi connectivity index (χ1v) is 6.35. The van der Waals surface area contributed by atoms with Crippen LogP contribution in [-0.2, 0) is 4.79 Å². The summed E-state index contributed by atoms with van der Waals surface area (Å²) in [5.41, 5.74) is 5.91. The zero-order chi connectivity index (χ0) is 14.6. The first-order valence-electron chi connectivity index (χ1n) is 5.60. The number of nitrogens with zero attached hydrogens (tertiary/aromatic N) is 1. The molecule has 104 valence electrons. The van der Waals surface area contributed by atoms with Crippen molar-refractivity contribution < 1.29 is 10.0 Å². The maximum Gasteiger partial charge on any atom is 0.235 e. The summed E-state index contributed by atoms with van der Waals surface area (Å²) in [5, 5.41) is 15.0. The lowest BCUT2D eigenvalue weighted by Gasteiger charge is -2.19. The van der Waals surface area contributed by atoms with Crippen molar-refractivity contribution in [1.29, 1.82) is 0 Å². The number of amides is 1. The largest absolute Gasteiger partial charge is 0.409 e. The Hall–Kier alpha value is -1.46. The molecule has 19 heavy (non-hydrogen) atoms. The molecule has 1 unspecified atom stereocenters. The normalized spacial score (nSPS) is 13.4. The zero-order valence-corrected chi connectivity index (χ0v) is 12.0. The Labute approximate surface area is 121 Å². The molecule has 0 radical (unpaired) electrons. The Morgan fingerprint density at radius 2 is 2.05 bits per heavy atom. The molecule has 7 heteroatoms. The summed E-state index contributed by atoms with van der Waals surface area (Å²) in [4.78, 5) is 12.1. The van der Waals surface area contributed by atoms with Gasteiger partial charge in [-0.3, -0.25) is 4.79 Å². The Morgan fingerprint density at radius 3 is 2.58 bits per heavy atom. The van der Waals surface area contributed by atoms with Crippen molar-refractivity contribution >= 4 is 40.6 Å². The number of benzene rings is 1. The summed E-state index contributed by atoms with van der Waals surface area (Å²) < 4.78 is 0. The molecule has 1 aromatic carbocycles. The lowest BCUT2D eigenvalue weighted by atomic mass is 9.94. The minimum atomic E-state index is -0.750. The predicted molar refractivity (Wildman–Crippen MR) is 76.8 cm³/mol.